The van der Waals surface area contributed by atoms with Gasteiger partial charge in [-0.15, -0.1) is 0 Å². The van der Waals surface area contributed by atoms with Crippen molar-refractivity contribution in [1.29, 1.82) is 0 Å². The Labute approximate surface area is 168 Å². The third kappa shape index (κ3) is 5.56. The summed E-state index contributed by atoms with van der Waals surface area (Å²) >= 11 is 5.43. The van der Waals surface area contributed by atoms with E-state index in [-0.39, 0.29) is 12.1 Å². The van der Waals surface area contributed by atoms with E-state index >= 15 is 0 Å². The Morgan fingerprint density at radius 1 is 1.43 bits per heavy atom. The second-order valence-corrected chi connectivity index (χ2v) is 6.68. The number of furan rings is 1. The Balaban J connectivity index is 1.48. The molecule has 1 amide bonds. The lowest BCUT2D eigenvalue weighted by Crippen LogP contribution is -2.47. The molecule has 0 atom stereocenters. The zero-order valence-electron chi connectivity index (χ0n) is 15.7. The molecule has 1 aliphatic rings. The standard InChI is InChI=1S/C18H24N6O3S/c1-2-26-18(25)24-7-5-13(6-8-24)22-17(28)23-15-11-19-12-21-16(15)20-10-14-4-3-9-27-14/h3-4,9,11-13H,2,5-8,10H2,1H3,(H,19,20,21)(H2,22,23,28). The third-order valence-electron chi connectivity index (χ3n) is 4.33. The zero-order valence-corrected chi connectivity index (χ0v) is 16.5. The van der Waals surface area contributed by atoms with Crippen molar-refractivity contribution in [1.82, 2.24) is 20.2 Å². The van der Waals surface area contributed by atoms with Gasteiger partial charge in [-0.05, 0) is 44.1 Å². The molecule has 28 heavy (non-hydrogen) atoms. The summed E-state index contributed by atoms with van der Waals surface area (Å²) in [5.74, 6) is 1.44. The highest BCUT2D eigenvalue weighted by molar-refractivity contribution is 7.80. The van der Waals surface area contributed by atoms with E-state index in [1.807, 2.05) is 12.1 Å². The molecule has 1 saturated heterocycles. The van der Waals surface area contributed by atoms with Crippen LogP contribution in [0.15, 0.2) is 35.3 Å². The van der Waals surface area contributed by atoms with Crippen molar-refractivity contribution in [3.63, 3.8) is 0 Å². The number of carbonyl (C=O) groups excluding carboxylic acids is 1. The Bertz CT molecular complexity index is 777. The molecule has 0 spiro atoms. The van der Waals surface area contributed by atoms with Crippen LogP contribution in [0.1, 0.15) is 25.5 Å². The minimum Gasteiger partial charge on any atom is -0.467 e. The lowest BCUT2D eigenvalue weighted by atomic mass is 10.1. The number of hydrogen-bond acceptors (Lipinski definition) is 7. The average molecular weight is 404 g/mol. The van der Waals surface area contributed by atoms with Gasteiger partial charge in [0.15, 0.2) is 10.9 Å². The Morgan fingerprint density at radius 3 is 2.96 bits per heavy atom. The number of piperidine rings is 1. The summed E-state index contributed by atoms with van der Waals surface area (Å²) < 4.78 is 10.4. The summed E-state index contributed by atoms with van der Waals surface area (Å²) in [5.41, 5.74) is 0.676. The number of anilines is 2. The average Bonchev–Trinajstić information content (AvgIpc) is 3.21. The summed E-state index contributed by atoms with van der Waals surface area (Å²) in [6.45, 7) is 3.99. The Kier molecular flexibility index (Phi) is 7.01. The van der Waals surface area contributed by atoms with Crippen LogP contribution in [0, 0.1) is 0 Å². The number of likely N-dealkylation sites (tertiary alicyclic amines) is 1. The number of rotatable bonds is 6. The lowest BCUT2D eigenvalue weighted by Gasteiger charge is -2.32. The fourth-order valence-corrected chi connectivity index (χ4v) is 3.19. The molecule has 3 rings (SSSR count). The number of ether oxygens (including phenoxy) is 1. The van der Waals surface area contributed by atoms with Crippen LogP contribution >= 0.6 is 12.2 Å². The summed E-state index contributed by atoms with van der Waals surface area (Å²) in [7, 11) is 0. The van der Waals surface area contributed by atoms with Crippen LogP contribution in [-0.4, -0.2) is 51.8 Å². The van der Waals surface area contributed by atoms with Gasteiger partial charge in [-0.3, -0.25) is 0 Å². The molecule has 10 heteroatoms. The highest BCUT2D eigenvalue weighted by Gasteiger charge is 2.24. The number of hydrogen-bond donors (Lipinski definition) is 3. The number of carbonyl (C=O) groups is 1. The van der Waals surface area contributed by atoms with E-state index in [9.17, 15) is 4.79 Å². The van der Waals surface area contributed by atoms with Gasteiger partial charge in [0.05, 0.1) is 25.6 Å². The van der Waals surface area contributed by atoms with Crippen molar-refractivity contribution < 1.29 is 13.9 Å². The van der Waals surface area contributed by atoms with Gasteiger partial charge < -0.3 is 30.0 Å². The van der Waals surface area contributed by atoms with E-state index in [0.29, 0.717) is 42.9 Å². The molecule has 150 valence electrons. The SMILES string of the molecule is CCOC(=O)N1CCC(NC(=S)Nc2cncnc2NCc2ccco2)CC1. The van der Waals surface area contributed by atoms with Crippen molar-refractivity contribution in [2.75, 3.05) is 30.3 Å². The van der Waals surface area contributed by atoms with Crippen molar-refractivity contribution in [3.8, 4) is 0 Å². The predicted molar refractivity (Wildman–Crippen MR) is 109 cm³/mol. The topological polar surface area (TPSA) is 105 Å². The summed E-state index contributed by atoms with van der Waals surface area (Å²) in [6.07, 6.45) is 6.11. The van der Waals surface area contributed by atoms with Crippen LogP contribution in [0.3, 0.4) is 0 Å². The minimum absolute atomic E-state index is 0.190. The molecule has 0 unspecified atom stereocenters. The van der Waals surface area contributed by atoms with Gasteiger partial charge in [-0.25, -0.2) is 14.8 Å². The summed E-state index contributed by atoms with van der Waals surface area (Å²) in [6, 6.07) is 3.91. The predicted octanol–water partition coefficient (Wildman–Crippen LogP) is 2.59. The fourth-order valence-electron chi connectivity index (χ4n) is 2.91. The van der Waals surface area contributed by atoms with Gasteiger partial charge in [0.1, 0.15) is 17.8 Å². The van der Waals surface area contributed by atoms with Crippen molar-refractivity contribution in [3.05, 3.63) is 36.7 Å². The molecular weight excluding hydrogens is 380 g/mol. The molecule has 2 aromatic rings. The molecule has 3 heterocycles. The maximum Gasteiger partial charge on any atom is 0.409 e. The van der Waals surface area contributed by atoms with Crippen LogP contribution in [0.25, 0.3) is 0 Å². The molecule has 0 aliphatic carbocycles. The van der Waals surface area contributed by atoms with Gasteiger partial charge in [0, 0.05) is 19.1 Å². The van der Waals surface area contributed by atoms with Gasteiger partial charge in [0.25, 0.3) is 0 Å². The van der Waals surface area contributed by atoms with Gasteiger partial charge in [0.2, 0.25) is 0 Å². The monoisotopic (exact) mass is 404 g/mol. The maximum absolute atomic E-state index is 11.8. The molecule has 2 aromatic heterocycles. The van der Waals surface area contributed by atoms with Gasteiger partial charge in [-0.2, -0.15) is 0 Å². The Morgan fingerprint density at radius 2 is 2.25 bits per heavy atom. The summed E-state index contributed by atoms with van der Waals surface area (Å²) in [4.78, 5) is 21.8. The van der Waals surface area contributed by atoms with Crippen LogP contribution in [0.2, 0.25) is 0 Å². The van der Waals surface area contributed by atoms with Crippen LogP contribution < -0.4 is 16.0 Å². The molecule has 9 nitrogen and oxygen atoms in total. The van der Waals surface area contributed by atoms with E-state index in [4.69, 9.17) is 21.4 Å². The van der Waals surface area contributed by atoms with E-state index in [0.717, 1.165) is 18.6 Å². The van der Waals surface area contributed by atoms with Crippen LogP contribution in [0.4, 0.5) is 16.3 Å². The van der Waals surface area contributed by atoms with Crippen molar-refractivity contribution in [2.24, 2.45) is 0 Å². The highest BCUT2D eigenvalue weighted by Crippen LogP contribution is 2.18. The first-order chi connectivity index (χ1) is 13.7. The van der Waals surface area contributed by atoms with Gasteiger partial charge in [-0.1, -0.05) is 0 Å². The molecule has 0 saturated carbocycles. The van der Waals surface area contributed by atoms with Gasteiger partial charge >= 0.3 is 6.09 Å². The van der Waals surface area contributed by atoms with Crippen LogP contribution in [0.5, 0.6) is 0 Å². The number of nitrogens with one attached hydrogen (secondary N) is 3. The number of aromatic nitrogens is 2. The molecular formula is C18H24N6O3S. The van der Waals surface area contributed by atoms with E-state index in [1.54, 1.807) is 24.3 Å². The quantitative estimate of drug-likeness (QED) is 0.627. The van der Waals surface area contributed by atoms with Crippen molar-refractivity contribution >= 4 is 34.9 Å². The van der Waals surface area contributed by atoms with Crippen LogP contribution in [-0.2, 0) is 11.3 Å². The first-order valence-electron chi connectivity index (χ1n) is 9.21. The second kappa shape index (κ2) is 9.88. The molecule has 0 bridgehead atoms. The third-order valence-corrected chi connectivity index (χ3v) is 4.55. The number of thiocarbonyl (C=S) groups is 1. The fraction of sp³-hybridized carbons (Fsp3) is 0.444. The number of nitrogens with zero attached hydrogens (tertiary/aromatic N) is 3. The van der Waals surface area contributed by atoms with E-state index < -0.39 is 0 Å². The zero-order chi connectivity index (χ0) is 19.8. The smallest absolute Gasteiger partial charge is 0.409 e. The minimum atomic E-state index is -0.254. The summed E-state index contributed by atoms with van der Waals surface area (Å²) in [5, 5.41) is 10.1. The first-order valence-corrected chi connectivity index (χ1v) is 9.62. The lowest BCUT2D eigenvalue weighted by molar-refractivity contribution is 0.0964. The number of amides is 1. The molecule has 3 N–H and O–H groups in total. The largest absolute Gasteiger partial charge is 0.467 e. The van der Waals surface area contributed by atoms with Crippen molar-refractivity contribution in [2.45, 2.75) is 32.4 Å². The molecule has 1 aliphatic heterocycles. The van der Waals surface area contributed by atoms with E-state index in [1.165, 1.54) is 6.33 Å². The molecule has 0 aromatic carbocycles. The van der Waals surface area contributed by atoms with E-state index in [2.05, 4.69) is 25.9 Å². The maximum atomic E-state index is 11.8. The first kappa shape index (κ1) is 19.9. The molecule has 1 fully saturated rings. The second-order valence-electron chi connectivity index (χ2n) is 6.28. The molecule has 0 radical (unpaired) electrons. The highest BCUT2D eigenvalue weighted by atomic mass is 32.1. The Hall–Kier alpha value is -2.88. The normalized spacial score (nSPS) is 14.4.